The molecule has 3 rings (SSSR count). The van der Waals surface area contributed by atoms with E-state index in [4.69, 9.17) is 5.73 Å². The van der Waals surface area contributed by atoms with E-state index in [2.05, 4.69) is 52.1 Å². The van der Waals surface area contributed by atoms with Crippen LogP contribution in [0.5, 0.6) is 0 Å². The Morgan fingerprint density at radius 1 is 1.26 bits per heavy atom. The van der Waals surface area contributed by atoms with Crippen LogP contribution in [0.3, 0.4) is 0 Å². The lowest BCUT2D eigenvalue weighted by Gasteiger charge is -1.90. The van der Waals surface area contributed by atoms with Gasteiger partial charge in [0.25, 0.3) is 0 Å². The second-order valence-electron chi connectivity index (χ2n) is 3.63. The van der Waals surface area contributed by atoms with Gasteiger partial charge in [-0.1, -0.05) is 23.4 Å². The molecule has 3 aromatic rings. The van der Waals surface area contributed by atoms with Crippen LogP contribution in [0.4, 0.5) is 5.82 Å². The monoisotopic (exact) mass is 446 g/mol. The van der Waals surface area contributed by atoms with Gasteiger partial charge >= 0.3 is 0 Å². The Labute approximate surface area is 149 Å². The van der Waals surface area contributed by atoms with E-state index in [0.29, 0.717) is 18.4 Å². The van der Waals surface area contributed by atoms with Crippen LogP contribution < -0.4 is 5.73 Å². The molecule has 3 aromatic heterocycles. The van der Waals surface area contributed by atoms with Gasteiger partial charge in [-0.15, -0.1) is 0 Å². The van der Waals surface area contributed by atoms with Crippen molar-refractivity contribution in [3.63, 3.8) is 0 Å². The Balaban J connectivity index is 0.000000329. The third-order valence-electron chi connectivity index (χ3n) is 2.00. The van der Waals surface area contributed by atoms with Crippen molar-refractivity contribution in [2.45, 2.75) is 12.3 Å². The Hall–Kier alpha value is -2.07. The van der Waals surface area contributed by atoms with E-state index in [1.165, 1.54) is 0 Å². The predicted molar refractivity (Wildman–Crippen MR) is 95.3 cm³/mol. The first-order valence-corrected chi connectivity index (χ1v) is 7.52. The molecule has 3 heterocycles. The molecule has 0 amide bonds. The van der Waals surface area contributed by atoms with Crippen LogP contribution in [0.15, 0.2) is 41.4 Å². The molecule has 0 aliphatic carbocycles. The number of hydrogen-bond donors (Lipinski definition) is 2. The molecule has 0 saturated carbocycles. The number of rotatable bonds is 2. The molecule has 0 fully saturated rings. The number of nitrogens with one attached hydrogen (secondary N) is 1. The van der Waals surface area contributed by atoms with Gasteiger partial charge in [-0.25, -0.2) is 9.50 Å². The van der Waals surface area contributed by atoms with Gasteiger partial charge in [-0.3, -0.25) is 5.10 Å². The van der Waals surface area contributed by atoms with Crippen LogP contribution in [0.25, 0.3) is 5.65 Å². The van der Waals surface area contributed by atoms with Gasteiger partial charge in [-0.2, -0.15) is 10.2 Å². The summed E-state index contributed by atoms with van der Waals surface area (Å²) in [7, 11) is 0. The molecule has 23 heavy (non-hydrogen) atoms. The largest absolute Gasteiger partial charge is 0.384 e. The number of halogens is 2. The molecular weight excluding hydrogens is 432 g/mol. The molecule has 0 spiro atoms. The van der Waals surface area contributed by atoms with Crippen LogP contribution in [0.2, 0.25) is 0 Å². The number of fused-ring (bicyclic) bond motifs is 1. The zero-order chi connectivity index (χ0) is 16.4. The third kappa shape index (κ3) is 8.21. The summed E-state index contributed by atoms with van der Waals surface area (Å²) in [6.07, 6.45) is 7.98. The predicted octanol–water partition coefficient (Wildman–Crippen LogP) is 2.27. The van der Waals surface area contributed by atoms with Gasteiger partial charge in [0.05, 0.1) is 16.9 Å². The van der Waals surface area contributed by atoms with E-state index in [1.54, 1.807) is 29.2 Å². The fourth-order valence-corrected chi connectivity index (χ4v) is 1.38. The van der Waals surface area contributed by atoms with Crippen LogP contribution in [-0.2, 0) is 9.59 Å². The number of aromatic amines is 1. The Morgan fingerprint density at radius 2 is 1.96 bits per heavy atom. The van der Waals surface area contributed by atoms with Gasteiger partial charge in [0, 0.05) is 18.5 Å². The maximum atomic E-state index is 9.46. The number of carbonyl (C=O) groups excluding carboxylic acids is 2. The zero-order valence-electron chi connectivity index (χ0n) is 11.1. The van der Waals surface area contributed by atoms with Gasteiger partial charge in [0.1, 0.15) is 23.2 Å². The number of hydrogen-bond acceptors (Lipinski definition) is 6. The summed E-state index contributed by atoms with van der Waals surface area (Å²) in [5.74, 6) is 0.606. The van der Waals surface area contributed by atoms with Crippen LogP contribution in [-0.4, -0.2) is 42.2 Å². The summed E-state index contributed by atoms with van der Waals surface area (Å²) in [5, 5.41) is 10.1. The minimum Gasteiger partial charge on any atom is -0.384 e. The Morgan fingerprint density at radius 3 is 2.39 bits per heavy atom. The minimum absolute atomic E-state index is 0. The highest BCUT2D eigenvalue weighted by Crippen LogP contribution is 2.07. The fraction of sp³-hybridized carbons (Fsp3) is 0.154. The first kappa shape index (κ1) is 20.9. The number of H-pyrrole nitrogens is 1. The average molecular weight is 448 g/mol. The maximum Gasteiger partial charge on any atom is 0.154 e. The van der Waals surface area contributed by atoms with Gasteiger partial charge in [0.2, 0.25) is 0 Å². The fourth-order valence-electron chi connectivity index (χ4n) is 1.09. The van der Waals surface area contributed by atoms with E-state index in [0.717, 1.165) is 10.1 Å². The molecular formula is C13H16Br2N6O2. The van der Waals surface area contributed by atoms with Crippen molar-refractivity contribution in [1.82, 2.24) is 24.8 Å². The molecule has 0 aliphatic rings. The summed E-state index contributed by atoms with van der Waals surface area (Å²) < 4.78 is 2.65. The van der Waals surface area contributed by atoms with Crippen LogP contribution >= 0.6 is 31.9 Å². The summed E-state index contributed by atoms with van der Waals surface area (Å²) in [6.45, 7) is 0. The molecule has 0 saturated heterocycles. The Bertz CT molecular complexity index is 693. The first-order chi connectivity index (χ1) is 10.6. The summed E-state index contributed by atoms with van der Waals surface area (Å²) in [4.78, 5) is 22.4. The average Bonchev–Trinajstić information content (AvgIpc) is 3.18. The first-order valence-electron chi connectivity index (χ1n) is 5.81. The molecule has 0 bridgehead atoms. The lowest BCUT2D eigenvalue weighted by atomic mass is 10.5. The molecule has 0 atom stereocenters. The molecule has 10 heteroatoms. The normalized spacial score (nSPS) is 9.00. The van der Waals surface area contributed by atoms with Crippen molar-refractivity contribution in [2.75, 3.05) is 5.73 Å². The second-order valence-corrected chi connectivity index (χ2v) is 5.61. The van der Waals surface area contributed by atoms with Gasteiger partial charge in [-0.05, 0) is 22.0 Å². The molecule has 0 unspecified atom stereocenters. The molecule has 3 N–H and O–H groups in total. The number of nitrogen functional groups attached to an aromatic ring is 1. The molecule has 0 aromatic carbocycles. The summed E-state index contributed by atoms with van der Waals surface area (Å²) in [6, 6.07) is 3.55. The number of aromatic nitrogens is 5. The van der Waals surface area contributed by atoms with Crippen molar-refractivity contribution in [2.24, 2.45) is 0 Å². The summed E-state index contributed by atoms with van der Waals surface area (Å²) >= 11 is 6.03. The second kappa shape index (κ2) is 11.5. The molecule has 0 radical (unpaired) electrons. The number of nitrogens with zero attached hydrogens (tertiary/aromatic N) is 4. The van der Waals surface area contributed by atoms with E-state index in [9.17, 15) is 9.59 Å². The quantitative estimate of drug-likeness (QED) is 0.353. The van der Waals surface area contributed by atoms with Crippen molar-refractivity contribution in [1.29, 1.82) is 0 Å². The topological polar surface area (TPSA) is 119 Å². The van der Waals surface area contributed by atoms with Crippen LogP contribution in [0, 0.1) is 0 Å². The third-order valence-corrected chi connectivity index (χ3v) is 2.84. The maximum absolute atomic E-state index is 9.46. The highest BCUT2D eigenvalue weighted by Gasteiger charge is 1.93. The summed E-state index contributed by atoms with van der Waals surface area (Å²) in [5.41, 5.74) is 6.02. The van der Waals surface area contributed by atoms with E-state index >= 15 is 0 Å². The van der Waals surface area contributed by atoms with Crippen molar-refractivity contribution in [3.05, 3.63) is 41.4 Å². The highest BCUT2D eigenvalue weighted by atomic mass is 79.9. The standard InChI is InChI=1S/C6H4BrN3.C3H3BrO2.C3H5N3.CH4/c7-5-3-8-6-1-2-9-10(6)4-5;4-3(1-5)2-6;4-3-1-2-5-6-3;/h1-4H;1-3H;1-2H,(H3,4,5,6);1H4. The number of aldehydes is 2. The number of carbonyl (C=O) groups is 2. The minimum atomic E-state index is -0.613. The Kier molecular flexibility index (Phi) is 10.5. The van der Waals surface area contributed by atoms with Crippen molar-refractivity contribution < 1.29 is 9.59 Å². The lowest BCUT2D eigenvalue weighted by Crippen LogP contribution is -1.97. The van der Waals surface area contributed by atoms with Crippen LogP contribution in [0.1, 0.15) is 7.43 Å². The lowest BCUT2D eigenvalue weighted by molar-refractivity contribution is -0.113. The van der Waals surface area contributed by atoms with E-state index in [-0.39, 0.29) is 7.43 Å². The number of anilines is 1. The van der Waals surface area contributed by atoms with E-state index in [1.807, 2.05) is 12.3 Å². The SMILES string of the molecule is Brc1cnc2ccnn2c1.C.Nc1ccn[nH]1.O=CC(Br)C=O. The number of nitrogens with two attached hydrogens (primary N) is 1. The van der Waals surface area contributed by atoms with Crippen molar-refractivity contribution in [3.8, 4) is 0 Å². The molecule has 8 nitrogen and oxygen atoms in total. The highest BCUT2D eigenvalue weighted by molar-refractivity contribution is 9.10. The number of alkyl halides is 1. The smallest absolute Gasteiger partial charge is 0.154 e. The van der Waals surface area contributed by atoms with Crippen molar-refractivity contribution >= 4 is 55.9 Å². The van der Waals surface area contributed by atoms with E-state index < -0.39 is 4.83 Å². The molecule has 0 aliphatic heterocycles. The van der Waals surface area contributed by atoms with Gasteiger partial charge in [0.15, 0.2) is 5.65 Å². The zero-order valence-corrected chi connectivity index (χ0v) is 14.3. The van der Waals surface area contributed by atoms with Gasteiger partial charge < -0.3 is 15.3 Å². The molecule has 124 valence electrons.